The lowest BCUT2D eigenvalue weighted by Gasteiger charge is -2.23. The summed E-state index contributed by atoms with van der Waals surface area (Å²) in [5, 5.41) is 16.1. The molecule has 1 aliphatic heterocycles. The van der Waals surface area contributed by atoms with Gasteiger partial charge in [-0.2, -0.15) is 11.8 Å². The molecule has 5 heteroatoms. The van der Waals surface area contributed by atoms with Crippen LogP contribution in [-0.2, 0) is 6.42 Å². The number of carbonyl (C=O) groups is 1. The van der Waals surface area contributed by atoms with Gasteiger partial charge in [-0.1, -0.05) is 43.7 Å². The van der Waals surface area contributed by atoms with Crippen LogP contribution in [0.5, 0.6) is 0 Å². The monoisotopic (exact) mass is 322 g/mol. The van der Waals surface area contributed by atoms with E-state index in [2.05, 4.69) is 29.7 Å². The highest BCUT2D eigenvalue weighted by molar-refractivity contribution is 7.99. The first-order chi connectivity index (χ1) is 10.6. The van der Waals surface area contributed by atoms with Crippen molar-refractivity contribution in [2.45, 2.75) is 44.2 Å². The Morgan fingerprint density at radius 2 is 2.18 bits per heavy atom. The van der Waals surface area contributed by atoms with E-state index in [0.717, 1.165) is 31.4 Å². The quantitative estimate of drug-likeness (QED) is 0.723. The summed E-state index contributed by atoms with van der Waals surface area (Å²) in [6.45, 7) is 2.45. The molecule has 2 atom stereocenters. The number of aliphatic hydroxyl groups is 1. The van der Waals surface area contributed by atoms with E-state index in [9.17, 15) is 9.90 Å². The Bertz CT molecular complexity index is 461. The summed E-state index contributed by atoms with van der Waals surface area (Å²) in [7, 11) is 0. The molecule has 1 aliphatic rings. The largest absolute Gasteiger partial charge is 0.387 e. The van der Waals surface area contributed by atoms with E-state index in [1.165, 1.54) is 5.56 Å². The summed E-state index contributed by atoms with van der Waals surface area (Å²) in [5.41, 5.74) is 0.494. The lowest BCUT2D eigenvalue weighted by molar-refractivity contribution is 0.0698. The van der Waals surface area contributed by atoms with Crippen LogP contribution in [0.3, 0.4) is 0 Å². The van der Waals surface area contributed by atoms with Gasteiger partial charge in [-0.25, -0.2) is 4.79 Å². The second kappa shape index (κ2) is 8.44. The maximum atomic E-state index is 12.1. The van der Waals surface area contributed by atoms with Crippen molar-refractivity contribution in [3.63, 3.8) is 0 Å². The first-order valence-electron chi connectivity index (χ1n) is 8.00. The van der Waals surface area contributed by atoms with E-state index >= 15 is 0 Å². The molecular formula is C17H26N2O2S. The maximum Gasteiger partial charge on any atom is 0.315 e. The topological polar surface area (TPSA) is 61.4 Å². The van der Waals surface area contributed by atoms with Gasteiger partial charge in [0.05, 0.1) is 5.60 Å². The first-order valence-corrected chi connectivity index (χ1v) is 9.15. The van der Waals surface area contributed by atoms with Crippen molar-refractivity contribution in [2.24, 2.45) is 0 Å². The number of amides is 2. The number of nitrogens with one attached hydrogen (secondary N) is 2. The molecule has 1 aromatic rings. The average Bonchev–Trinajstić information content (AvgIpc) is 2.94. The first kappa shape index (κ1) is 17.2. The van der Waals surface area contributed by atoms with Crippen molar-refractivity contribution in [2.75, 3.05) is 18.1 Å². The lowest BCUT2D eigenvalue weighted by atomic mass is 10.0. The molecule has 0 radical (unpaired) electrons. The van der Waals surface area contributed by atoms with Crippen molar-refractivity contribution >= 4 is 17.8 Å². The number of urea groups is 1. The van der Waals surface area contributed by atoms with E-state index in [0.29, 0.717) is 12.3 Å². The van der Waals surface area contributed by atoms with E-state index in [1.807, 2.05) is 18.2 Å². The molecule has 0 bridgehead atoms. The summed E-state index contributed by atoms with van der Waals surface area (Å²) in [4.78, 5) is 12.1. The summed E-state index contributed by atoms with van der Waals surface area (Å²) >= 11 is 1.73. The maximum absolute atomic E-state index is 12.1. The lowest BCUT2D eigenvalue weighted by Crippen LogP contribution is -2.49. The summed E-state index contributed by atoms with van der Waals surface area (Å²) < 4.78 is 0. The molecule has 2 unspecified atom stereocenters. The van der Waals surface area contributed by atoms with E-state index in [4.69, 9.17) is 0 Å². The molecule has 1 aromatic carbocycles. The molecule has 0 spiro atoms. The molecular weight excluding hydrogens is 296 g/mol. The Kier molecular flexibility index (Phi) is 6.58. The predicted octanol–water partition coefficient (Wildman–Crippen LogP) is 2.57. The third kappa shape index (κ3) is 5.54. The van der Waals surface area contributed by atoms with Crippen LogP contribution >= 0.6 is 11.8 Å². The third-order valence-corrected chi connectivity index (χ3v) is 5.19. The van der Waals surface area contributed by atoms with Crippen LogP contribution < -0.4 is 10.6 Å². The van der Waals surface area contributed by atoms with Gasteiger partial charge in [0.15, 0.2) is 0 Å². The van der Waals surface area contributed by atoms with Gasteiger partial charge < -0.3 is 15.7 Å². The highest BCUT2D eigenvalue weighted by atomic mass is 32.2. The Morgan fingerprint density at radius 3 is 2.82 bits per heavy atom. The number of carbonyl (C=O) groups excluding carboxylic acids is 1. The number of benzene rings is 1. The van der Waals surface area contributed by atoms with Gasteiger partial charge in [-0.05, 0) is 30.6 Å². The van der Waals surface area contributed by atoms with Crippen LogP contribution in [0.15, 0.2) is 30.3 Å². The number of thioether (sulfide) groups is 1. The summed E-state index contributed by atoms with van der Waals surface area (Å²) in [6.07, 6.45) is 3.56. The highest BCUT2D eigenvalue weighted by Crippen LogP contribution is 2.26. The minimum absolute atomic E-state index is 0.125. The van der Waals surface area contributed by atoms with Crippen LogP contribution in [0.2, 0.25) is 0 Å². The van der Waals surface area contributed by atoms with Gasteiger partial charge in [-0.15, -0.1) is 0 Å². The zero-order chi connectivity index (χ0) is 15.8. The number of hydrogen-bond acceptors (Lipinski definition) is 3. The normalized spacial score (nSPS) is 22.3. The van der Waals surface area contributed by atoms with Crippen molar-refractivity contribution in [1.82, 2.24) is 10.6 Å². The SMILES string of the molecule is CCCC(Cc1ccccc1)NC(=O)NCC1(O)CCSC1. The Balaban J connectivity index is 1.80. The molecule has 22 heavy (non-hydrogen) atoms. The van der Waals surface area contributed by atoms with E-state index in [1.54, 1.807) is 11.8 Å². The fourth-order valence-electron chi connectivity index (χ4n) is 2.69. The predicted molar refractivity (Wildman–Crippen MR) is 92.3 cm³/mol. The molecule has 1 saturated heterocycles. The molecule has 0 aliphatic carbocycles. The number of rotatable bonds is 7. The third-order valence-electron chi connectivity index (χ3n) is 3.96. The Labute approximate surface area is 137 Å². The minimum atomic E-state index is -0.734. The van der Waals surface area contributed by atoms with Crippen LogP contribution in [0.25, 0.3) is 0 Å². The zero-order valence-electron chi connectivity index (χ0n) is 13.2. The van der Waals surface area contributed by atoms with E-state index in [-0.39, 0.29) is 12.1 Å². The van der Waals surface area contributed by atoms with Crippen LogP contribution in [-0.4, -0.2) is 40.8 Å². The van der Waals surface area contributed by atoms with Crippen molar-refractivity contribution in [3.05, 3.63) is 35.9 Å². The zero-order valence-corrected chi connectivity index (χ0v) is 14.0. The van der Waals surface area contributed by atoms with Gasteiger partial charge in [0.2, 0.25) is 0 Å². The molecule has 2 amide bonds. The summed E-state index contributed by atoms with van der Waals surface area (Å²) in [5.74, 6) is 1.67. The molecule has 122 valence electrons. The number of hydrogen-bond donors (Lipinski definition) is 3. The van der Waals surface area contributed by atoms with E-state index < -0.39 is 5.60 Å². The summed E-state index contributed by atoms with van der Waals surface area (Å²) in [6, 6.07) is 10.2. The molecule has 4 nitrogen and oxygen atoms in total. The standard InChI is InChI=1S/C17H26N2O2S/c1-2-6-15(11-14-7-4-3-5-8-14)19-16(20)18-12-17(21)9-10-22-13-17/h3-5,7-8,15,21H,2,6,9-13H2,1H3,(H2,18,19,20). The van der Waals surface area contributed by atoms with Gasteiger partial charge in [-0.3, -0.25) is 0 Å². The van der Waals surface area contributed by atoms with Gasteiger partial charge >= 0.3 is 6.03 Å². The molecule has 1 fully saturated rings. The molecule has 3 N–H and O–H groups in total. The second-order valence-electron chi connectivity index (χ2n) is 6.03. The smallest absolute Gasteiger partial charge is 0.315 e. The van der Waals surface area contributed by atoms with Crippen molar-refractivity contribution in [3.8, 4) is 0 Å². The molecule has 0 saturated carbocycles. The molecule has 1 heterocycles. The molecule has 0 aromatic heterocycles. The second-order valence-corrected chi connectivity index (χ2v) is 7.13. The van der Waals surface area contributed by atoms with Crippen molar-refractivity contribution in [1.29, 1.82) is 0 Å². The fraction of sp³-hybridized carbons (Fsp3) is 0.588. The minimum Gasteiger partial charge on any atom is -0.387 e. The van der Waals surface area contributed by atoms with Crippen molar-refractivity contribution < 1.29 is 9.90 Å². The van der Waals surface area contributed by atoms with Gasteiger partial charge in [0.25, 0.3) is 0 Å². The Hall–Kier alpha value is -1.20. The molecule has 2 rings (SSSR count). The highest BCUT2D eigenvalue weighted by Gasteiger charge is 2.32. The fourth-order valence-corrected chi connectivity index (χ4v) is 3.98. The van der Waals surface area contributed by atoms with Crippen LogP contribution in [0.1, 0.15) is 31.7 Å². The van der Waals surface area contributed by atoms with Crippen LogP contribution in [0.4, 0.5) is 4.79 Å². The Morgan fingerprint density at radius 1 is 1.41 bits per heavy atom. The van der Waals surface area contributed by atoms with Crippen LogP contribution in [0, 0.1) is 0 Å². The van der Waals surface area contributed by atoms with Gasteiger partial charge in [0, 0.05) is 18.3 Å². The van der Waals surface area contributed by atoms with Gasteiger partial charge in [0.1, 0.15) is 0 Å². The average molecular weight is 322 g/mol.